The third-order valence-corrected chi connectivity index (χ3v) is 4.19. The zero-order chi connectivity index (χ0) is 22.8. The summed E-state index contributed by atoms with van der Waals surface area (Å²) in [6.07, 6.45) is 2.64. The average molecular weight is 432 g/mol. The number of nitrogens with two attached hydrogens (primary N) is 1. The van der Waals surface area contributed by atoms with Crippen molar-refractivity contribution >= 4 is 23.5 Å². The molecule has 11 heteroatoms. The fourth-order valence-corrected chi connectivity index (χ4v) is 2.44. The van der Waals surface area contributed by atoms with Gasteiger partial charge < -0.3 is 20.5 Å². The van der Waals surface area contributed by atoms with E-state index in [1.165, 1.54) is 37.6 Å². The Morgan fingerprint density at radius 2 is 2.03 bits per heavy atom. The lowest BCUT2D eigenvalue weighted by atomic mass is 10.1. The van der Waals surface area contributed by atoms with Crippen molar-refractivity contribution in [2.24, 2.45) is 5.73 Å². The smallest absolute Gasteiger partial charge is 0.275 e. The molecule has 0 atom stereocenters. The molecule has 0 bridgehead atoms. The molecule has 0 aliphatic heterocycles. The maximum Gasteiger partial charge on any atom is 0.275 e. The molecule has 166 valence electrons. The van der Waals surface area contributed by atoms with E-state index in [9.17, 15) is 14.0 Å². The number of hydrogen-bond acceptors (Lipinski definition) is 7. The fourth-order valence-electron chi connectivity index (χ4n) is 2.44. The molecule has 0 aliphatic rings. The number of hydrogen-bond donors (Lipinski definition) is 3. The Morgan fingerprint density at radius 1 is 1.26 bits per heavy atom. The largest absolute Gasteiger partial charge is 0.474 e. The third-order valence-electron chi connectivity index (χ3n) is 4.19. The molecule has 0 spiro atoms. The van der Waals surface area contributed by atoms with Gasteiger partial charge in [0.2, 0.25) is 11.8 Å². The van der Waals surface area contributed by atoms with Gasteiger partial charge in [-0.2, -0.15) is 0 Å². The molecule has 31 heavy (non-hydrogen) atoms. The van der Waals surface area contributed by atoms with E-state index in [1.807, 2.05) is 6.92 Å². The fraction of sp³-hybridized carbons (Fsp3) is 0.350. The summed E-state index contributed by atoms with van der Waals surface area (Å²) in [5.74, 6) is -1.58. The topological polar surface area (TPSA) is 144 Å². The second-order valence-electron chi connectivity index (χ2n) is 6.38. The Kier molecular flexibility index (Phi) is 8.82. The SMILES string of the molecule is CCOCCOc1cnc(C(=O)Nc2ccc(F)c(CCC(=O)N(C)C(=N)N)c2)cn1. The number of ether oxygens (including phenoxy) is 2. The van der Waals surface area contributed by atoms with Crippen LogP contribution in [0.4, 0.5) is 10.1 Å². The first kappa shape index (κ1) is 23.7. The van der Waals surface area contributed by atoms with Crippen LogP contribution in [0.15, 0.2) is 30.6 Å². The van der Waals surface area contributed by atoms with E-state index in [1.54, 1.807) is 0 Å². The highest BCUT2D eigenvalue weighted by molar-refractivity contribution is 6.02. The van der Waals surface area contributed by atoms with Crippen molar-refractivity contribution in [3.05, 3.63) is 47.7 Å². The number of carbonyl (C=O) groups excluding carboxylic acids is 2. The monoisotopic (exact) mass is 432 g/mol. The summed E-state index contributed by atoms with van der Waals surface area (Å²) < 4.78 is 24.6. The van der Waals surface area contributed by atoms with Crippen LogP contribution in [0, 0.1) is 11.2 Å². The molecule has 1 aromatic carbocycles. The van der Waals surface area contributed by atoms with Gasteiger partial charge in [-0.3, -0.25) is 19.9 Å². The minimum Gasteiger partial charge on any atom is -0.474 e. The molecule has 0 fully saturated rings. The van der Waals surface area contributed by atoms with Crippen LogP contribution in [0.3, 0.4) is 0 Å². The zero-order valence-electron chi connectivity index (χ0n) is 17.4. The summed E-state index contributed by atoms with van der Waals surface area (Å²) >= 11 is 0. The van der Waals surface area contributed by atoms with Crippen molar-refractivity contribution in [3.8, 4) is 5.88 Å². The normalized spacial score (nSPS) is 10.4. The van der Waals surface area contributed by atoms with Gasteiger partial charge in [0.1, 0.15) is 18.1 Å². The minimum absolute atomic E-state index is 0.0410. The van der Waals surface area contributed by atoms with E-state index in [0.717, 1.165) is 4.90 Å². The Hall–Kier alpha value is -3.60. The van der Waals surface area contributed by atoms with Crippen LogP contribution in [0.25, 0.3) is 0 Å². The van der Waals surface area contributed by atoms with E-state index >= 15 is 0 Å². The number of nitrogens with one attached hydrogen (secondary N) is 2. The minimum atomic E-state index is -0.529. The summed E-state index contributed by atoms with van der Waals surface area (Å²) in [7, 11) is 1.37. The second kappa shape index (κ2) is 11.6. The molecular weight excluding hydrogens is 407 g/mol. The van der Waals surface area contributed by atoms with Gasteiger partial charge >= 0.3 is 0 Å². The van der Waals surface area contributed by atoms with Crippen molar-refractivity contribution in [2.75, 3.05) is 32.2 Å². The first-order chi connectivity index (χ1) is 14.8. The van der Waals surface area contributed by atoms with Crippen molar-refractivity contribution in [1.29, 1.82) is 5.41 Å². The summed E-state index contributed by atoms with van der Waals surface area (Å²) in [5.41, 5.74) is 5.90. The van der Waals surface area contributed by atoms with E-state index in [0.29, 0.717) is 25.5 Å². The molecular formula is C20H25FN6O4. The molecule has 2 rings (SSSR count). The lowest BCUT2D eigenvalue weighted by Crippen LogP contribution is -2.38. The van der Waals surface area contributed by atoms with Crippen LogP contribution in [0.2, 0.25) is 0 Å². The second-order valence-corrected chi connectivity index (χ2v) is 6.38. The van der Waals surface area contributed by atoms with Gasteiger partial charge in [-0.25, -0.2) is 14.4 Å². The molecule has 10 nitrogen and oxygen atoms in total. The molecule has 1 aromatic heterocycles. The van der Waals surface area contributed by atoms with Crippen molar-refractivity contribution in [1.82, 2.24) is 14.9 Å². The standard InChI is InChI=1S/C20H25FN6O4/c1-3-30-8-9-31-17-12-24-16(11-25-17)19(29)26-14-5-6-15(21)13(10-14)4-7-18(28)27(2)20(22)23/h5-6,10-12H,3-4,7-9H2,1-2H3,(H3,22,23)(H,26,29). The van der Waals surface area contributed by atoms with Crippen LogP contribution in [-0.2, 0) is 16.0 Å². The van der Waals surface area contributed by atoms with Crippen LogP contribution in [0.5, 0.6) is 5.88 Å². The Morgan fingerprint density at radius 3 is 2.68 bits per heavy atom. The maximum absolute atomic E-state index is 14.1. The van der Waals surface area contributed by atoms with Crippen LogP contribution in [-0.4, -0.2) is 59.5 Å². The van der Waals surface area contributed by atoms with Gasteiger partial charge in [-0.05, 0) is 37.1 Å². The average Bonchev–Trinajstić information content (AvgIpc) is 2.76. The number of halogens is 1. The zero-order valence-corrected chi connectivity index (χ0v) is 17.4. The molecule has 0 unspecified atom stereocenters. The predicted molar refractivity (Wildman–Crippen MR) is 111 cm³/mol. The Bertz CT molecular complexity index is 922. The number of rotatable bonds is 10. The van der Waals surface area contributed by atoms with Gasteiger partial charge in [-0.1, -0.05) is 0 Å². The molecule has 0 radical (unpaired) electrons. The molecule has 1 heterocycles. The highest BCUT2D eigenvalue weighted by Gasteiger charge is 2.14. The Balaban J connectivity index is 1.96. The number of amides is 2. The number of aryl methyl sites for hydroxylation is 1. The number of aromatic nitrogens is 2. The lowest BCUT2D eigenvalue weighted by molar-refractivity contribution is -0.126. The number of benzene rings is 1. The van der Waals surface area contributed by atoms with E-state index in [4.69, 9.17) is 20.6 Å². The van der Waals surface area contributed by atoms with E-state index in [-0.39, 0.29) is 30.0 Å². The van der Waals surface area contributed by atoms with Crippen molar-refractivity contribution in [3.63, 3.8) is 0 Å². The molecule has 2 amide bonds. The van der Waals surface area contributed by atoms with Crippen LogP contribution < -0.4 is 15.8 Å². The molecule has 0 saturated carbocycles. The van der Waals surface area contributed by atoms with Gasteiger partial charge in [0.15, 0.2) is 5.96 Å². The number of nitrogens with zero attached hydrogens (tertiary/aromatic N) is 3. The Labute approximate surface area is 179 Å². The molecule has 4 N–H and O–H groups in total. The van der Waals surface area contributed by atoms with Gasteiger partial charge in [0.05, 0.1) is 19.0 Å². The summed E-state index contributed by atoms with van der Waals surface area (Å²) in [6, 6.07) is 4.04. The molecule has 0 saturated heterocycles. The predicted octanol–water partition coefficient (Wildman–Crippen LogP) is 1.57. The molecule has 0 aliphatic carbocycles. The lowest BCUT2D eigenvalue weighted by Gasteiger charge is -2.14. The summed E-state index contributed by atoms with van der Waals surface area (Å²) in [4.78, 5) is 33.3. The van der Waals surface area contributed by atoms with E-state index < -0.39 is 23.6 Å². The summed E-state index contributed by atoms with van der Waals surface area (Å²) in [5, 5.41) is 9.86. The highest BCUT2D eigenvalue weighted by Crippen LogP contribution is 2.18. The summed E-state index contributed by atoms with van der Waals surface area (Å²) in [6.45, 7) is 3.20. The molecule has 2 aromatic rings. The number of guanidine groups is 1. The van der Waals surface area contributed by atoms with Crippen LogP contribution >= 0.6 is 0 Å². The quantitative estimate of drug-likeness (QED) is 0.294. The number of carbonyl (C=O) groups is 2. The van der Waals surface area contributed by atoms with Crippen LogP contribution in [0.1, 0.15) is 29.4 Å². The maximum atomic E-state index is 14.1. The first-order valence-corrected chi connectivity index (χ1v) is 9.54. The third kappa shape index (κ3) is 7.30. The van der Waals surface area contributed by atoms with Crippen molar-refractivity contribution in [2.45, 2.75) is 19.8 Å². The van der Waals surface area contributed by atoms with E-state index in [2.05, 4.69) is 15.3 Å². The number of anilines is 1. The first-order valence-electron chi connectivity index (χ1n) is 9.54. The van der Waals surface area contributed by atoms with Gasteiger partial charge in [0.25, 0.3) is 5.91 Å². The highest BCUT2D eigenvalue weighted by atomic mass is 19.1. The van der Waals surface area contributed by atoms with Crippen molar-refractivity contribution < 1.29 is 23.5 Å². The van der Waals surface area contributed by atoms with Gasteiger partial charge in [0, 0.05) is 25.8 Å². The van der Waals surface area contributed by atoms with Gasteiger partial charge in [-0.15, -0.1) is 0 Å².